The lowest BCUT2D eigenvalue weighted by atomic mass is 9.84. The number of unbranched alkanes of at least 4 members (excludes halogenated alkanes) is 1. The standard InChI is InChI=1S/C39H55N7O7/c1-2-3-24-52-39(51)44-22-20-43(21-23-44)38(50)32(25-28-12-6-4-7-13-28)41-36(48)31-26-35(46(42-31)30-16-8-5-9-17-30)53-27-34(47)45-19-11-18-33(45)37(49)40-29-14-10-15-29/h5,8-9,16-17,26,28-29,32-33H,2-4,6-7,10-15,18-25,27H2,1H3,(H,40,49)(H,41,48). The Labute approximate surface area is 311 Å². The van der Waals surface area contributed by atoms with Crippen LogP contribution in [0.15, 0.2) is 36.4 Å². The number of para-hydroxylation sites is 1. The molecule has 14 nitrogen and oxygen atoms in total. The first-order valence-electron chi connectivity index (χ1n) is 19.7. The maximum Gasteiger partial charge on any atom is 0.409 e. The van der Waals surface area contributed by atoms with E-state index in [2.05, 4.69) is 15.7 Å². The predicted octanol–water partition coefficient (Wildman–Crippen LogP) is 4.06. The number of rotatable bonds is 14. The molecule has 4 aliphatic rings. The number of likely N-dealkylation sites (tertiary alicyclic amines) is 1. The summed E-state index contributed by atoms with van der Waals surface area (Å²) in [5.74, 6) is -0.607. The molecule has 5 amide bonds. The molecule has 2 aliphatic carbocycles. The van der Waals surface area contributed by atoms with Crippen molar-refractivity contribution in [1.82, 2.24) is 35.1 Å². The predicted molar refractivity (Wildman–Crippen MR) is 196 cm³/mol. The first-order valence-corrected chi connectivity index (χ1v) is 19.7. The second-order valence-corrected chi connectivity index (χ2v) is 14.8. The topological polar surface area (TPSA) is 155 Å². The van der Waals surface area contributed by atoms with Crippen LogP contribution in [-0.4, -0.2) is 118 Å². The van der Waals surface area contributed by atoms with Gasteiger partial charge in [-0.05, 0) is 63.0 Å². The average molecular weight is 734 g/mol. The lowest BCUT2D eigenvalue weighted by Crippen LogP contribution is -2.56. The third kappa shape index (κ3) is 9.88. The van der Waals surface area contributed by atoms with Crippen LogP contribution >= 0.6 is 0 Å². The van der Waals surface area contributed by atoms with Crippen molar-refractivity contribution in [2.45, 2.75) is 109 Å². The van der Waals surface area contributed by atoms with Crippen LogP contribution in [0.4, 0.5) is 4.79 Å². The van der Waals surface area contributed by atoms with E-state index in [1.807, 2.05) is 37.3 Å². The number of amides is 5. The van der Waals surface area contributed by atoms with Gasteiger partial charge >= 0.3 is 6.09 Å². The molecule has 6 rings (SSSR count). The summed E-state index contributed by atoms with van der Waals surface area (Å²) < 4.78 is 12.9. The number of hydrogen-bond acceptors (Lipinski definition) is 8. The minimum atomic E-state index is -0.764. The van der Waals surface area contributed by atoms with Crippen LogP contribution in [0, 0.1) is 5.92 Å². The molecular formula is C39H55N7O7. The van der Waals surface area contributed by atoms with Crippen LogP contribution in [-0.2, 0) is 19.1 Å². The zero-order valence-electron chi connectivity index (χ0n) is 31.0. The summed E-state index contributed by atoms with van der Waals surface area (Å²) in [4.78, 5) is 71.8. The summed E-state index contributed by atoms with van der Waals surface area (Å²) in [5, 5.41) is 10.7. The summed E-state index contributed by atoms with van der Waals surface area (Å²) in [5.41, 5.74) is 0.685. The maximum absolute atomic E-state index is 14.0. The van der Waals surface area contributed by atoms with E-state index in [0.29, 0.717) is 63.8 Å². The second kappa shape index (κ2) is 18.4. The van der Waals surface area contributed by atoms with Gasteiger partial charge in [0, 0.05) is 44.8 Å². The smallest absolute Gasteiger partial charge is 0.409 e. The molecular weight excluding hydrogens is 678 g/mol. The third-order valence-electron chi connectivity index (χ3n) is 11.1. The largest absolute Gasteiger partial charge is 0.467 e. The number of hydrogen-bond donors (Lipinski definition) is 2. The molecule has 2 atom stereocenters. The van der Waals surface area contributed by atoms with Gasteiger partial charge in [0.25, 0.3) is 11.8 Å². The zero-order chi connectivity index (χ0) is 37.2. The van der Waals surface area contributed by atoms with Crippen LogP contribution in [0.2, 0.25) is 0 Å². The Bertz CT molecular complexity index is 1560. The van der Waals surface area contributed by atoms with E-state index in [4.69, 9.17) is 9.47 Å². The van der Waals surface area contributed by atoms with E-state index >= 15 is 0 Å². The van der Waals surface area contributed by atoms with Gasteiger partial charge < -0.3 is 34.8 Å². The quantitative estimate of drug-likeness (QED) is 0.276. The Morgan fingerprint density at radius 2 is 1.60 bits per heavy atom. The highest BCUT2D eigenvalue weighted by Crippen LogP contribution is 2.29. The van der Waals surface area contributed by atoms with E-state index in [0.717, 1.165) is 64.2 Å². The van der Waals surface area contributed by atoms with Crippen molar-refractivity contribution >= 4 is 29.7 Å². The molecule has 0 bridgehead atoms. The molecule has 53 heavy (non-hydrogen) atoms. The molecule has 2 saturated carbocycles. The number of carbonyl (C=O) groups excluding carboxylic acids is 5. The van der Waals surface area contributed by atoms with Crippen molar-refractivity contribution in [2.24, 2.45) is 5.92 Å². The Kier molecular flexibility index (Phi) is 13.2. The molecule has 0 spiro atoms. The molecule has 2 aliphatic heterocycles. The zero-order valence-corrected chi connectivity index (χ0v) is 31.0. The number of nitrogens with one attached hydrogen (secondary N) is 2. The van der Waals surface area contributed by atoms with Crippen LogP contribution in [0.1, 0.15) is 101 Å². The van der Waals surface area contributed by atoms with Gasteiger partial charge in [-0.25, -0.2) is 9.48 Å². The molecule has 2 aromatic rings. The molecule has 2 N–H and O–H groups in total. The van der Waals surface area contributed by atoms with Crippen molar-refractivity contribution in [3.63, 3.8) is 0 Å². The number of aromatic nitrogens is 2. The van der Waals surface area contributed by atoms with E-state index < -0.39 is 18.0 Å². The summed E-state index contributed by atoms with van der Waals surface area (Å²) in [6.45, 7) is 4.01. The van der Waals surface area contributed by atoms with Crippen LogP contribution in [0.5, 0.6) is 5.88 Å². The monoisotopic (exact) mass is 733 g/mol. The van der Waals surface area contributed by atoms with Gasteiger partial charge in [-0.1, -0.05) is 63.6 Å². The van der Waals surface area contributed by atoms with Crippen LogP contribution < -0.4 is 15.4 Å². The van der Waals surface area contributed by atoms with Gasteiger partial charge in [0.2, 0.25) is 17.7 Å². The highest BCUT2D eigenvalue weighted by molar-refractivity contribution is 5.96. The minimum Gasteiger partial charge on any atom is -0.467 e. The van der Waals surface area contributed by atoms with Crippen LogP contribution in [0.25, 0.3) is 5.69 Å². The van der Waals surface area contributed by atoms with Crippen molar-refractivity contribution < 1.29 is 33.4 Å². The van der Waals surface area contributed by atoms with Crippen molar-refractivity contribution in [1.29, 1.82) is 0 Å². The highest BCUT2D eigenvalue weighted by atomic mass is 16.6. The van der Waals surface area contributed by atoms with E-state index in [1.165, 1.54) is 17.2 Å². The van der Waals surface area contributed by atoms with E-state index in [-0.39, 0.29) is 48.0 Å². The van der Waals surface area contributed by atoms with Crippen molar-refractivity contribution in [2.75, 3.05) is 45.9 Å². The summed E-state index contributed by atoms with van der Waals surface area (Å²) in [6, 6.07) is 9.57. The summed E-state index contributed by atoms with van der Waals surface area (Å²) in [6.07, 6.45) is 11.7. The van der Waals surface area contributed by atoms with Gasteiger partial charge in [0.05, 0.1) is 12.3 Å². The molecule has 2 unspecified atom stereocenters. The maximum atomic E-state index is 14.0. The molecule has 14 heteroatoms. The number of carbonyl (C=O) groups is 5. The fourth-order valence-electron chi connectivity index (χ4n) is 7.67. The molecule has 3 heterocycles. The Morgan fingerprint density at radius 1 is 0.868 bits per heavy atom. The van der Waals surface area contributed by atoms with E-state index in [1.54, 1.807) is 14.7 Å². The Hall–Kier alpha value is -4.62. The fourth-order valence-corrected chi connectivity index (χ4v) is 7.67. The second-order valence-electron chi connectivity index (χ2n) is 14.8. The lowest BCUT2D eigenvalue weighted by molar-refractivity contribution is -0.140. The van der Waals surface area contributed by atoms with Gasteiger partial charge in [-0.3, -0.25) is 19.2 Å². The summed E-state index contributed by atoms with van der Waals surface area (Å²) >= 11 is 0. The van der Waals surface area contributed by atoms with E-state index in [9.17, 15) is 24.0 Å². The Morgan fingerprint density at radius 3 is 2.30 bits per heavy atom. The number of nitrogens with zero attached hydrogens (tertiary/aromatic N) is 5. The normalized spacial score (nSPS) is 20.0. The molecule has 4 fully saturated rings. The van der Waals surface area contributed by atoms with Crippen LogP contribution in [0.3, 0.4) is 0 Å². The number of piperazine rings is 1. The first kappa shape index (κ1) is 38.1. The van der Waals surface area contributed by atoms with Crippen molar-refractivity contribution in [3.05, 3.63) is 42.1 Å². The molecule has 0 radical (unpaired) electrons. The number of ether oxygens (including phenoxy) is 2. The third-order valence-corrected chi connectivity index (χ3v) is 11.1. The highest BCUT2D eigenvalue weighted by Gasteiger charge is 2.37. The summed E-state index contributed by atoms with van der Waals surface area (Å²) in [7, 11) is 0. The first-order chi connectivity index (χ1) is 25.8. The molecule has 288 valence electrons. The lowest BCUT2D eigenvalue weighted by Gasteiger charge is -2.36. The molecule has 1 aromatic heterocycles. The minimum absolute atomic E-state index is 0.0521. The van der Waals surface area contributed by atoms with Gasteiger partial charge in [0.15, 0.2) is 12.3 Å². The van der Waals surface area contributed by atoms with Gasteiger partial charge in [0.1, 0.15) is 12.1 Å². The number of benzene rings is 1. The van der Waals surface area contributed by atoms with Gasteiger partial charge in [-0.15, -0.1) is 0 Å². The average Bonchev–Trinajstić information content (AvgIpc) is 3.84. The molecule has 2 saturated heterocycles. The SMILES string of the molecule is CCCCOC(=O)N1CCN(C(=O)C(CC2CCCCC2)NC(=O)c2cc(OCC(=O)N3CCCC3C(=O)NC3CCC3)n(-c3ccccc3)n2)CC1. The Balaban J connectivity index is 1.13. The fraction of sp³-hybridized carbons (Fsp3) is 0.641. The van der Waals surface area contributed by atoms with Crippen molar-refractivity contribution in [3.8, 4) is 11.6 Å². The van der Waals surface area contributed by atoms with Gasteiger partial charge in [-0.2, -0.15) is 5.10 Å². The molecule has 1 aromatic carbocycles.